The Morgan fingerprint density at radius 1 is 1.65 bits per heavy atom. The second kappa shape index (κ2) is 6.87. The van der Waals surface area contributed by atoms with E-state index in [0.717, 1.165) is 6.42 Å². The summed E-state index contributed by atoms with van der Waals surface area (Å²) in [5.74, 6) is 0.407. The molecule has 0 bridgehead atoms. The topological polar surface area (TPSA) is 75.4 Å². The van der Waals surface area contributed by atoms with E-state index in [4.69, 9.17) is 14.7 Å². The predicted octanol–water partition coefficient (Wildman–Crippen LogP) is 0.969. The van der Waals surface area contributed by atoms with Crippen LogP contribution >= 0.6 is 0 Å². The van der Waals surface area contributed by atoms with Crippen LogP contribution in [0.3, 0.4) is 0 Å². The first-order valence-corrected chi connectivity index (χ1v) is 6.61. The summed E-state index contributed by atoms with van der Waals surface area (Å²) in [7, 11) is 0. The largest absolute Gasteiger partial charge is 0.472 e. The van der Waals surface area contributed by atoms with Gasteiger partial charge in [-0.25, -0.2) is 4.98 Å². The second-order valence-corrected chi connectivity index (χ2v) is 4.50. The van der Waals surface area contributed by atoms with Gasteiger partial charge < -0.3 is 14.4 Å². The molecule has 0 aromatic carbocycles. The number of ether oxygens (including phenoxy) is 2. The number of carbonyl (C=O) groups is 1. The summed E-state index contributed by atoms with van der Waals surface area (Å²) in [5, 5.41) is 8.82. The molecule has 0 saturated carbocycles. The van der Waals surface area contributed by atoms with Crippen LogP contribution in [0.5, 0.6) is 5.88 Å². The van der Waals surface area contributed by atoms with E-state index in [1.807, 2.05) is 13.0 Å². The van der Waals surface area contributed by atoms with Crippen LogP contribution < -0.4 is 4.74 Å². The highest BCUT2D eigenvalue weighted by atomic mass is 16.5. The Morgan fingerprint density at radius 3 is 3.25 bits per heavy atom. The number of nitrogens with zero attached hydrogens (tertiary/aromatic N) is 3. The quantitative estimate of drug-likeness (QED) is 0.800. The summed E-state index contributed by atoms with van der Waals surface area (Å²) < 4.78 is 10.8. The van der Waals surface area contributed by atoms with Crippen molar-refractivity contribution in [1.29, 1.82) is 5.26 Å². The highest BCUT2D eigenvalue weighted by molar-refractivity contribution is 5.77. The van der Waals surface area contributed by atoms with E-state index in [0.29, 0.717) is 31.1 Å². The molecular formula is C14H17N3O3. The van der Waals surface area contributed by atoms with E-state index in [1.54, 1.807) is 23.2 Å². The van der Waals surface area contributed by atoms with Crippen molar-refractivity contribution in [3.05, 3.63) is 23.9 Å². The van der Waals surface area contributed by atoms with Crippen molar-refractivity contribution in [2.75, 3.05) is 26.3 Å². The van der Waals surface area contributed by atoms with E-state index in [1.165, 1.54) is 0 Å². The third-order valence-corrected chi connectivity index (χ3v) is 3.08. The summed E-state index contributed by atoms with van der Waals surface area (Å²) in [5.41, 5.74) is 0.511. The Morgan fingerprint density at radius 2 is 2.50 bits per heavy atom. The van der Waals surface area contributed by atoms with Crippen molar-refractivity contribution in [3.63, 3.8) is 0 Å². The molecule has 1 atom stereocenters. The number of amides is 1. The second-order valence-electron chi connectivity index (χ2n) is 4.50. The summed E-state index contributed by atoms with van der Waals surface area (Å²) in [6.07, 6.45) is 2.22. The number of hydrogen-bond acceptors (Lipinski definition) is 5. The van der Waals surface area contributed by atoms with Crippen LogP contribution in [0.4, 0.5) is 0 Å². The third-order valence-electron chi connectivity index (χ3n) is 3.08. The molecule has 1 aromatic rings. The van der Waals surface area contributed by atoms with E-state index < -0.39 is 0 Å². The van der Waals surface area contributed by atoms with Gasteiger partial charge in [0.1, 0.15) is 12.7 Å². The van der Waals surface area contributed by atoms with Crippen LogP contribution in [0.1, 0.15) is 18.9 Å². The standard InChI is InChI=1S/C14H17N3O3/c1-2-19-10-14(18)17-6-4-12(9-17)20-13-7-11(8-15)3-5-16-13/h3,5,7,12H,2,4,6,9-10H2,1H3. The van der Waals surface area contributed by atoms with Crippen molar-refractivity contribution in [2.24, 2.45) is 0 Å². The van der Waals surface area contributed by atoms with Crippen LogP contribution in [0.15, 0.2) is 18.3 Å². The van der Waals surface area contributed by atoms with Crippen LogP contribution in [-0.4, -0.2) is 48.2 Å². The van der Waals surface area contributed by atoms with Gasteiger partial charge in [0.05, 0.1) is 18.2 Å². The van der Waals surface area contributed by atoms with Crippen LogP contribution in [0, 0.1) is 11.3 Å². The Bertz CT molecular complexity index is 513. The van der Waals surface area contributed by atoms with E-state index in [2.05, 4.69) is 4.98 Å². The van der Waals surface area contributed by atoms with Gasteiger partial charge in [-0.15, -0.1) is 0 Å². The van der Waals surface area contributed by atoms with E-state index in [9.17, 15) is 4.79 Å². The highest BCUT2D eigenvalue weighted by Gasteiger charge is 2.27. The number of likely N-dealkylation sites (tertiary alicyclic amines) is 1. The molecule has 1 fully saturated rings. The molecule has 0 radical (unpaired) electrons. The molecule has 0 spiro atoms. The van der Waals surface area contributed by atoms with Crippen LogP contribution in [0.25, 0.3) is 0 Å². The number of aromatic nitrogens is 1. The van der Waals surface area contributed by atoms with E-state index in [-0.39, 0.29) is 18.6 Å². The Labute approximate surface area is 117 Å². The number of hydrogen-bond donors (Lipinski definition) is 0. The third kappa shape index (κ3) is 3.68. The molecule has 0 aliphatic carbocycles. The minimum absolute atomic E-state index is 0.0170. The van der Waals surface area contributed by atoms with Gasteiger partial charge in [0, 0.05) is 31.8 Å². The zero-order valence-electron chi connectivity index (χ0n) is 11.4. The molecule has 2 heterocycles. The first-order chi connectivity index (χ1) is 9.72. The van der Waals surface area contributed by atoms with Crippen molar-refractivity contribution in [1.82, 2.24) is 9.88 Å². The van der Waals surface area contributed by atoms with Crippen molar-refractivity contribution in [3.8, 4) is 11.9 Å². The molecule has 6 nitrogen and oxygen atoms in total. The van der Waals surface area contributed by atoms with Gasteiger partial charge in [-0.1, -0.05) is 0 Å². The Kier molecular flexibility index (Phi) is 4.91. The summed E-state index contributed by atoms with van der Waals surface area (Å²) in [6.45, 7) is 3.70. The fraction of sp³-hybridized carbons (Fsp3) is 0.500. The van der Waals surface area contributed by atoms with Gasteiger partial charge in [-0.05, 0) is 13.0 Å². The Hall–Kier alpha value is -2.13. The van der Waals surface area contributed by atoms with Gasteiger partial charge in [0.15, 0.2) is 0 Å². The maximum atomic E-state index is 11.8. The molecule has 106 valence electrons. The molecule has 1 aliphatic rings. The average Bonchev–Trinajstić information content (AvgIpc) is 2.93. The number of pyridine rings is 1. The lowest BCUT2D eigenvalue weighted by Crippen LogP contribution is -2.33. The highest BCUT2D eigenvalue weighted by Crippen LogP contribution is 2.17. The number of carbonyl (C=O) groups excluding carboxylic acids is 1. The average molecular weight is 275 g/mol. The molecule has 2 rings (SSSR count). The van der Waals surface area contributed by atoms with E-state index >= 15 is 0 Å². The smallest absolute Gasteiger partial charge is 0.248 e. The van der Waals surface area contributed by atoms with Crippen molar-refractivity contribution < 1.29 is 14.3 Å². The zero-order valence-corrected chi connectivity index (χ0v) is 11.4. The molecule has 1 aromatic heterocycles. The summed E-state index contributed by atoms with van der Waals surface area (Å²) in [4.78, 5) is 17.6. The lowest BCUT2D eigenvalue weighted by molar-refractivity contribution is -0.135. The van der Waals surface area contributed by atoms with Gasteiger partial charge in [-0.3, -0.25) is 4.79 Å². The molecule has 0 N–H and O–H groups in total. The lowest BCUT2D eigenvalue weighted by Gasteiger charge is -2.16. The van der Waals surface area contributed by atoms with Gasteiger partial charge in [0.25, 0.3) is 0 Å². The minimum Gasteiger partial charge on any atom is -0.472 e. The molecule has 1 unspecified atom stereocenters. The maximum Gasteiger partial charge on any atom is 0.248 e. The molecular weight excluding hydrogens is 258 g/mol. The van der Waals surface area contributed by atoms with Gasteiger partial charge in [-0.2, -0.15) is 5.26 Å². The predicted molar refractivity (Wildman–Crippen MR) is 71.1 cm³/mol. The molecule has 6 heteroatoms. The van der Waals surface area contributed by atoms with Crippen molar-refractivity contribution in [2.45, 2.75) is 19.4 Å². The van der Waals surface area contributed by atoms with Gasteiger partial charge in [0.2, 0.25) is 11.8 Å². The first-order valence-electron chi connectivity index (χ1n) is 6.61. The fourth-order valence-electron chi connectivity index (χ4n) is 2.05. The molecule has 1 amide bonds. The maximum absolute atomic E-state index is 11.8. The number of nitriles is 1. The SMILES string of the molecule is CCOCC(=O)N1CCC(Oc2cc(C#N)ccn2)C1. The summed E-state index contributed by atoms with van der Waals surface area (Å²) >= 11 is 0. The normalized spacial score (nSPS) is 17.8. The van der Waals surface area contributed by atoms with Crippen molar-refractivity contribution >= 4 is 5.91 Å². The monoisotopic (exact) mass is 275 g/mol. The lowest BCUT2D eigenvalue weighted by atomic mass is 10.3. The summed E-state index contributed by atoms with van der Waals surface area (Å²) in [6, 6.07) is 5.27. The van der Waals surface area contributed by atoms with Crippen LogP contribution in [0.2, 0.25) is 0 Å². The number of rotatable bonds is 5. The van der Waals surface area contributed by atoms with Crippen LogP contribution in [-0.2, 0) is 9.53 Å². The molecule has 1 aliphatic heterocycles. The fourth-order valence-corrected chi connectivity index (χ4v) is 2.05. The molecule has 1 saturated heterocycles. The molecule has 20 heavy (non-hydrogen) atoms. The first kappa shape index (κ1) is 14.3. The van der Waals surface area contributed by atoms with Gasteiger partial charge >= 0.3 is 0 Å². The zero-order chi connectivity index (χ0) is 14.4. The minimum atomic E-state index is -0.0815. The Balaban J connectivity index is 1.87.